The summed E-state index contributed by atoms with van der Waals surface area (Å²) in [6, 6.07) is 12.5. The lowest BCUT2D eigenvalue weighted by Crippen LogP contribution is -2.32. The van der Waals surface area contributed by atoms with Gasteiger partial charge in [-0.25, -0.2) is 4.99 Å². The number of ether oxygens (including phenoxy) is 2. The Morgan fingerprint density at radius 3 is 2.57 bits per heavy atom. The van der Waals surface area contributed by atoms with Gasteiger partial charge in [0.25, 0.3) is 5.91 Å². The number of methoxy groups -OCH3 is 1. The smallest absolute Gasteiger partial charge is 0.266 e. The second kappa shape index (κ2) is 9.71. The molecule has 158 valence electrons. The topological polar surface area (TPSA) is 71.4 Å². The Labute approximate surface area is 181 Å². The Bertz CT molecular complexity index is 968. The molecule has 0 bridgehead atoms. The summed E-state index contributed by atoms with van der Waals surface area (Å²) in [4.78, 5) is 20.1. The van der Waals surface area contributed by atoms with Crippen LogP contribution in [0.2, 0.25) is 0 Å². The van der Waals surface area contributed by atoms with Gasteiger partial charge in [-0.1, -0.05) is 19.9 Å². The number of amides is 1. The van der Waals surface area contributed by atoms with Crippen LogP contribution in [0.3, 0.4) is 0 Å². The number of carbonyl (C=O) groups is 1. The van der Waals surface area contributed by atoms with Crippen LogP contribution in [0.25, 0.3) is 6.08 Å². The van der Waals surface area contributed by atoms with Crippen molar-refractivity contribution in [2.75, 3.05) is 20.3 Å². The van der Waals surface area contributed by atoms with Crippen molar-refractivity contribution in [1.82, 2.24) is 4.90 Å². The Balaban J connectivity index is 1.93. The number of nitrogens with zero attached hydrogens (tertiary/aromatic N) is 2. The predicted octanol–water partition coefficient (Wildman–Crippen LogP) is 5.06. The number of aliphatic imine (C=N–C) groups is 1. The number of aromatic hydroxyl groups is 1. The lowest BCUT2D eigenvalue weighted by Gasteiger charge is -2.17. The average molecular weight is 427 g/mol. The number of thioether (sulfide) groups is 1. The Morgan fingerprint density at radius 1 is 1.20 bits per heavy atom. The molecule has 30 heavy (non-hydrogen) atoms. The van der Waals surface area contributed by atoms with Gasteiger partial charge in [0, 0.05) is 6.54 Å². The summed E-state index contributed by atoms with van der Waals surface area (Å²) in [5.74, 6) is 1.45. The van der Waals surface area contributed by atoms with Crippen molar-refractivity contribution in [2.24, 2.45) is 10.9 Å². The Kier molecular flexibility index (Phi) is 7.05. The first-order valence-corrected chi connectivity index (χ1v) is 10.6. The number of rotatable bonds is 7. The van der Waals surface area contributed by atoms with E-state index in [0.29, 0.717) is 34.9 Å². The number of phenolic OH excluding ortho intramolecular Hbond substituents is 1. The molecule has 1 amide bonds. The molecule has 0 spiro atoms. The normalized spacial score (nSPS) is 16.7. The van der Waals surface area contributed by atoms with E-state index in [9.17, 15) is 9.90 Å². The Hall–Kier alpha value is -2.93. The number of phenols is 1. The van der Waals surface area contributed by atoms with Crippen LogP contribution in [0.15, 0.2) is 52.4 Å². The molecule has 3 rings (SSSR count). The van der Waals surface area contributed by atoms with Crippen molar-refractivity contribution in [2.45, 2.75) is 20.8 Å². The van der Waals surface area contributed by atoms with Crippen LogP contribution in [-0.4, -0.2) is 41.3 Å². The van der Waals surface area contributed by atoms with Crippen molar-refractivity contribution in [1.29, 1.82) is 0 Å². The molecule has 0 atom stereocenters. The van der Waals surface area contributed by atoms with E-state index in [4.69, 9.17) is 14.5 Å². The average Bonchev–Trinajstić information content (AvgIpc) is 2.99. The monoisotopic (exact) mass is 426 g/mol. The van der Waals surface area contributed by atoms with Gasteiger partial charge in [-0.15, -0.1) is 0 Å². The number of amidine groups is 1. The molecule has 1 N–H and O–H groups in total. The highest BCUT2D eigenvalue weighted by molar-refractivity contribution is 8.18. The van der Waals surface area contributed by atoms with Crippen molar-refractivity contribution in [3.63, 3.8) is 0 Å². The van der Waals surface area contributed by atoms with Gasteiger partial charge in [-0.3, -0.25) is 9.69 Å². The van der Waals surface area contributed by atoms with Gasteiger partial charge < -0.3 is 14.6 Å². The molecule has 2 aromatic rings. The lowest BCUT2D eigenvalue weighted by atomic mass is 10.1. The van der Waals surface area contributed by atoms with Gasteiger partial charge in [-0.2, -0.15) is 0 Å². The molecular formula is C23H26N2O4S. The van der Waals surface area contributed by atoms with Crippen LogP contribution in [0.1, 0.15) is 26.3 Å². The van der Waals surface area contributed by atoms with Crippen LogP contribution < -0.4 is 9.47 Å². The first-order chi connectivity index (χ1) is 14.4. The third-order valence-electron chi connectivity index (χ3n) is 4.31. The third-order valence-corrected chi connectivity index (χ3v) is 5.32. The second-order valence-corrected chi connectivity index (χ2v) is 8.18. The van der Waals surface area contributed by atoms with Gasteiger partial charge in [0.2, 0.25) is 0 Å². The highest BCUT2D eigenvalue weighted by atomic mass is 32.2. The zero-order valence-electron chi connectivity index (χ0n) is 17.6. The van der Waals surface area contributed by atoms with E-state index in [1.807, 2.05) is 31.2 Å². The SMILES string of the molecule is CCOc1cc(/C=C2/SC(=Nc3ccc(OC)cc3)N(CC(C)C)C2=O)ccc1O. The molecular weight excluding hydrogens is 400 g/mol. The highest BCUT2D eigenvalue weighted by Crippen LogP contribution is 2.36. The summed E-state index contributed by atoms with van der Waals surface area (Å²) in [6.07, 6.45) is 1.80. The minimum atomic E-state index is -0.0769. The van der Waals surface area contributed by atoms with E-state index < -0.39 is 0 Å². The number of benzene rings is 2. The fraction of sp³-hybridized carbons (Fsp3) is 0.304. The molecule has 1 aliphatic heterocycles. The van der Waals surface area contributed by atoms with Crippen LogP contribution in [0, 0.1) is 5.92 Å². The third kappa shape index (κ3) is 5.16. The zero-order valence-corrected chi connectivity index (χ0v) is 18.4. The standard InChI is InChI=1S/C23H26N2O4S/c1-5-29-20-12-16(6-11-19(20)26)13-21-22(27)25(14-15(2)3)23(30-21)24-17-7-9-18(28-4)10-8-17/h6-13,15,26H,5,14H2,1-4H3/b21-13+,24-23?. The molecule has 0 radical (unpaired) electrons. The molecule has 2 aromatic carbocycles. The summed E-state index contributed by atoms with van der Waals surface area (Å²) in [7, 11) is 1.62. The second-order valence-electron chi connectivity index (χ2n) is 7.17. The van der Waals surface area contributed by atoms with Gasteiger partial charge in [0.05, 0.1) is 24.3 Å². The summed E-state index contributed by atoms with van der Waals surface area (Å²) in [6.45, 7) is 7.02. The van der Waals surface area contributed by atoms with Crippen molar-refractivity contribution < 1.29 is 19.4 Å². The summed E-state index contributed by atoms with van der Waals surface area (Å²) in [5, 5.41) is 10.6. The van der Waals surface area contributed by atoms with Gasteiger partial charge >= 0.3 is 0 Å². The van der Waals surface area contributed by atoms with Gasteiger partial charge in [-0.05, 0) is 72.6 Å². The van der Waals surface area contributed by atoms with E-state index in [-0.39, 0.29) is 11.7 Å². The number of hydrogen-bond donors (Lipinski definition) is 1. The van der Waals surface area contributed by atoms with E-state index in [1.165, 1.54) is 11.8 Å². The molecule has 1 fully saturated rings. The Morgan fingerprint density at radius 2 is 1.93 bits per heavy atom. The fourth-order valence-corrected chi connectivity index (χ4v) is 3.94. The van der Waals surface area contributed by atoms with Crippen molar-refractivity contribution in [3.8, 4) is 17.2 Å². The highest BCUT2D eigenvalue weighted by Gasteiger charge is 2.33. The number of hydrogen-bond acceptors (Lipinski definition) is 6. The maximum atomic E-state index is 13.1. The maximum absolute atomic E-state index is 13.1. The first-order valence-electron chi connectivity index (χ1n) is 9.81. The van der Waals surface area contributed by atoms with Crippen LogP contribution in [0.4, 0.5) is 5.69 Å². The first kappa shape index (κ1) is 21.8. The molecule has 1 aliphatic rings. The molecule has 0 aliphatic carbocycles. The van der Waals surface area contributed by atoms with E-state index >= 15 is 0 Å². The largest absolute Gasteiger partial charge is 0.504 e. The quantitative estimate of drug-likeness (QED) is 0.627. The van der Waals surface area contributed by atoms with Crippen LogP contribution in [0.5, 0.6) is 17.2 Å². The number of carbonyl (C=O) groups excluding carboxylic acids is 1. The minimum absolute atomic E-state index is 0.0765. The summed E-state index contributed by atoms with van der Waals surface area (Å²) < 4.78 is 10.6. The van der Waals surface area contributed by atoms with Crippen LogP contribution >= 0.6 is 11.8 Å². The molecule has 0 unspecified atom stereocenters. The molecule has 6 nitrogen and oxygen atoms in total. The molecule has 0 saturated carbocycles. The molecule has 1 heterocycles. The predicted molar refractivity (Wildman–Crippen MR) is 121 cm³/mol. The van der Waals surface area contributed by atoms with Gasteiger partial charge in [0.1, 0.15) is 5.75 Å². The summed E-state index contributed by atoms with van der Waals surface area (Å²) >= 11 is 1.34. The fourth-order valence-electron chi connectivity index (χ4n) is 2.93. The van der Waals surface area contributed by atoms with Crippen molar-refractivity contribution in [3.05, 3.63) is 52.9 Å². The molecule has 1 saturated heterocycles. The molecule has 7 heteroatoms. The lowest BCUT2D eigenvalue weighted by molar-refractivity contribution is -0.122. The van der Waals surface area contributed by atoms with E-state index in [2.05, 4.69) is 13.8 Å². The zero-order chi connectivity index (χ0) is 21.7. The van der Waals surface area contributed by atoms with Gasteiger partial charge in [0.15, 0.2) is 16.7 Å². The van der Waals surface area contributed by atoms with Crippen LogP contribution in [-0.2, 0) is 4.79 Å². The summed E-state index contributed by atoms with van der Waals surface area (Å²) in [5.41, 5.74) is 1.53. The maximum Gasteiger partial charge on any atom is 0.266 e. The van der Waals surface area contributed by atoms with Crippen molar-refractivity contribution >= 4 is 34.6 Å². The molecule has 0 aromatic heterocycles. The minimum Gasteiger partial charge on any atom is -0.504 e. The van der Waals surface area contributed by atoms with E-state index in [1.54, 1.807) is 36.3 Å². The van der Waals surface area contributed by atoms with E-state index in [0.717, 1.165) is 17.0 Å².